The molecule has 0 saturated carbocycles. The molecule has 136 valence electrons. The third-order valence-electron chi connectivity index (χ3n) is 3.92. The van der Waals surface area contributed by atoms with E-state index >= 15 is 0 Å². The van der Waals surface area contributed by atoms with Crippen molar-refractivity contribution in [3.05, 3.63) is 47.5 Å². The molecular formula is C20H23N3O3. The minimum Gasteiger partial charge on any atom is -0.497 e. The highest BCUT2D eigenvalue weighted by atomic mass is 16.6. The average molecular weight is 353 g/mol. The monoisotopic (exact) mass is 353 g/mol. The SMILES string of the molecule is COc1cccc(C#Cc2cnc3n2CCN(C(=O)OC(C)(C)C)C3)c1. The van der Waals surface area contributed by atoms with E-state index in [0.717, 1.165) is 22.8 Å². The number of nitrogens with zero attached hydrogens (tertiary/aromatic N) is 3. The molecule has 0 aliphatic carbocycles. The first kappa shape index (κ1) is 17.9. The number of ether oxygens (including phenoxy) is 2. The van der Waals surface area contributed by atoms with Crippen LogP contribution in [0.2, 0.25) is 0 Å². The van der Waals surface area contributed by atoms with Crippen molar-refractivity contribution in [1.29, 1.82) is 0 Å². The van der Waals surface area contributed by atoms with Crippen LogP contribution < -0.4 is 4.74 Å². The van der Waals surface area contributed by atoms with Crippen LogP contribution in [0, 0.1) is 11.8 Å². The summed E-state index contributed by atoms with van der Waals surface area (Å²) in [6.07, 6.45) is 1.44. The van der Waals surface area contributed by atoms with Gasteiger partial charge in [-0.25, -0.2) is 9.78 Å². The van der Waals surface area contributed by atoms with Crippen molar-refractivity contribution in [2.24, 2.45) is 0 Å². The average Bonchev–Trinajstić information content (AvgIpc) is 3.01. The fourth-order valence-corrected chi connectivity index (χ4v) is 2.68. The van der Waals surface area contributed by atoms with Gasteiger partial charge >= 0.3 is 6.09 Å². The molecule has 0 unspecified atom stereocenters. The third-order valence-corrected chi connectivity index (χ3v) is 3.92. The maximum atomic E-state index is 12.2. The second-order valence-corrected chi connectivity index (χ2v) is 7.10. The van der Waals surface area contributed by atoms with Crippen molar-refractivity contribution in [2.45, 2.75) is 39.5 Å². The van der Waals surface area contributed by atoms with E-state index in [1.54, 1.807) is 18.2 Å². The molecule has 0 N–H and O–H groups in total. The molecule has 6 nitrogen and oxygen atoms in total. The van der Waals surface area contributed by atoms with E-state index in [1.807, 2.05) is 49.6 Å². The van der Waals surface area contributed by atoms with E-state index in [0.29, 0.717) is 19.6 Å². The first-order valence-corrected chi connectivity index (χ1v) is 8.54. The highest BCUT2D eigenvalue weighted by Gasteiger charge is 2.27. The number of amides is 1. The van der Waals surface area contributed by atoms with Gasteiger partial charge in [-0.15, -0.1) is 0 Å². The molecule has 1 aromatic heterocycles. The maximum absolute atomic E-state index is 12.2. The fourth-order valence-electron chi connectivity index (χ4n) is 2.68. The Morgan fingerprint density at radius 1 is 1.23 bits per heavy atom. The second kappa shape index (κ2) is 7.12. The molecule has 2 aromatic rings. The highest BCUT2D eigenvalue weighted by Crippen LogP contribution is 2.17. The number of hydrogen-bond acceptors (Lipinski definition) is 4. The molecule has 1 aliphatic rings. The predicted molar refractivity (Wildman–Crippen MR) is 97.8 cm³/mol. The summed E-state index contributed by atoms with van der Waals surface area (Å²) >= 11 is 0. The van der Waals surface area contributed by atoms with Crippen LogP contribution in [0.5, 0.6) is 5.75 Å². The van der Waals surface area contributed by atoms with Crippen LogP contribution >= 0.6 is 0 Å². The van der Waals surface area contributed by atoms with Gasteiger partial charge in [-0.1, -0.05) is 12.0 Å². The van der Waals surface area contributed by atoms with Gasteiger partial charge < -0.3 is 14.0 Å². The predicted octanol–water partition coefficient (Wildman–Crippen LogP) is 3.04. The largest absolute Gasteiger partial charge is 0.497 e. The van der Waals surface area contributed by atoms with Crippen LogP contribution in [0.1, 0.15) is 37.9 Å². The molecule has 0 saturated heterocycles. The highest BCUT2D eigenvalue weighted by molar-refractivity contribution is 5.68. The van der Waals surface area contributed by atoms with E-state index in [1.165, 1.54) is 0 Å². The van der Waals surface area contributed by atoms with Crippen molar-refractivity contribution >= 4 is 6.09 Å². The summed E-state index contributed by atoms with van der Waals surface area (Å²) in [5.74, 6) is 7.90. The lowest BCUT2D eigenvalue weighted by Crippen LogP contribution is -2.41. The van der Waals surface area contributed by atoms with Crippen molar-refractivity contribution < 1.29 is 14.3 Å². The molecule has 1 amide bonds. The first-order valence-electron chi connectivity index (χ1n) is 8.54. The van der Waals surface area contributed by atoms with Crippen molar-refractivity contribution in [3.8, 4) is 17.6 Å². The summed E-state index contributed by atoms with van der Waals surface area (Å²) in [6.45, 7) is 7.24. The lowest BCUT2D eigenvalue weighted by molar-refractivity contribution is 0.0195. The number of benzene rings is 1. The number of methoxy groups -OCH3 is 1. The van der Waals surface area contributed by atoms with Crippen molar-refractivity contribution in [1.82, 2.24) is 14.5 Å². The smallest absolute Gasteiger partial charge is 0.410 e. The summed E-state index contributed by atoms with van der Waals surface area (Å²) in [5.41, 5.74) is 1.22. The van der Waals surface area contributed by atoms with Crippen LogP contribution in [0.3, 0.4) is 0 Å². The summed E-state index contributed by atoms with van der Waals surface area (Å²) < 4.78 is 12.7. The molecule has 0 fully saturated rings. The number of rotatable bonds is 1. The molecule has 2 heterocycles. The van der Waals surface area contributed by atoms with Crippen LogP contribution in [0.4, 0.5) is 4.79 Å². The van der Waals surface area contributed by atoms with Gasteiger partial charge in [0.15, 0.2) is 0 Å². The molecule has 1 aromatic carbocycles. The Balaban J connectivity index is 1.74. The van der Waals surface area contributed by atoms with E-state index in [2.05, 4.69) is 16.8 Å². The molecule has 0 spiro atoms. The third kappa shape index (κ3) is 4.17. The summed E-state index contributed by atoms with van der Waals surface area (Å²) in [4.78, 5) is 18.3. The van der Waals surface area contributed by atoms with Gasteiger partial charge in [0.2, 0.25) is 0 Å². The number of carbonyl (C=O) groups excluding carboxylic acids is 1. The lowest BCUT2D eigenvalue weighted by Gasteiger charge is -2.30. The Kier molecular flexibility index (Phi) is 4.90. The zero-order chi connectivity index (χ0) is 18.7. The topological polar surface area (TPSA) is 56.6 Å². The standard InChI is InChI=1S/C20H23N3O3/c1-20(2,3)26-19(24)22-10-11-23-16(13-21-18(23)14-22)9-8-15-6-5-7-17(12-15)25-4/h5-7,12-13H,10-11,14H2,1-4H3. The van der Waals surface area contributed by atoms with Crippen molar-refractivity contribution in [2.75, 3.05) is 13.7 Å². The minimum absolute atomic E-state index is 0.309. The van der Waals surface area contributed by atoms with Gasteiger partial charge in [-0.05, 0) is 44.9 Å². The van der Waals surface area contributed by atoms with E-state index in [-0.39, 0.29) is 6.09 Å². The van der Waals surface area contributed by atoms with Gasteiger partial charge in [0.05, 0.1) is 19.9 Å². The van der Waals surface area contributed by atoms with Crippen LogP contribution in [-0.4, -0.2) is 39.8 Å². The van der Waals surface area contributed by atoms with Gasteiger partial charge in [0, 0.05) is 18.7 Å². The number of fused-ring (bicyclic) bond motifs is 1. The zero-order valence-corrected chi connectivity index (χ0v) is 15.6. The van der Waals surface area contributed by atoms with Crippen LogP contribution in [-0.2, 0) is 17.8 Å². The number of imidazole rings is 1. The lowest BCUT2D eigenvalue weighted by atomic mass is 10.2. The normalized spacial score (nSPS) is 13.5. The van der Waals surface area contributed by atoms with E-state index in [4.69, 9.17) is 9.47 Å². The van der Waals surface area contributed by atoms with Crippen LogP contribution in [0.25, 0.3) is 0 Å². The molecule has 0 bridgehead atoms. The quantitative estimate of drug-likeness (QED) is 0.740. The van der Waals surface area contributed by atoms with E-state index in [9.17, 15) is 4.79 Å². The second-order valence-electron chi connectivity index (χ2n) is 7.10. The molecule has 1 aliphatic heterocycles. The zero-order valence-electron chi connectivity index (χ0n) is 15.6. The Hall–Kier alpha value is -2.94. The molecule has 3 rings (SSSR count). The molecule has 0 radical (unpaired) electrons. The Bertz CT molecular complexity index is 868. The van der Waals surface area contributed by atoms with Gasteiger partial charge in [0.1, 0.15) is 22.9 Å². The number of carbonyl (C=O) groups is 1. The van der Waals surface area contributed by atoms with Gasteiger partial charge in [-0.3, -0.25) is 4.90 Å². The molecule has 0 atom stereocenters. The van der Waals surface area contributed by atoms with Crippen LogP contribution in [0.15, 0.2) is 30.5 Å². The molecule has 6 heteroatoms. The first-order chi connectivity index (χ1) is 12.4. The summed E-state index contributed by atoms with van der Waals surface area (Å²) in [5, 5.41) is 0. The minimum atomic E-state index is -0.503. The Labute approximate surface area is 153 Å². The summed E-state index contributed by atoms with van der Waals surface area (Å²) in [6, 6.07) is 7.63. The molecule has 26 heavy (non-hydrogen) atoms. The van der Waals surface area contributed by atoms with E-state index < -0.39 is 5.60 Å². The van der Waals surface area contributed by atoms with Gasteiger partial charge in [0.25, 0.3) is 0 Å². The maximum Gasteiger partial charge on any atom is 0.410 e. The number of aromatic nitrogens is 2. The van der Waals surface area contributed by atoms with Crippen molar-refractivity contribution in [3.63, 3.8) is 0 Å². The summed E-state index contributed by atoms with van der Waals surface area (Å²) in [7, 11) is 1.64. The van der Waals surface area contributed by atoms with Gasteiger partial charge in [-0.2, -0.15) is 0 Å². The Morgan fingerprint density at radius 2 is 2.04 bits per heavy atom. The number of hydrogen-bond donors (Lipinski definition) is 0. The Morgan fingerprint density at radius 3 is 2.77 bits per heavy atom. The fraction of sp³-hybridized carbons (Fsp3) is 0.400. The molecular weight excluding hydrogens is 330 g/mol.